The Hall–Kier alpha value is -0.120. The largest absolute Gasteiger partial charge is 0.383 e. The molecule has 19 heavy (non-hydrogen) atoms. The summed E-state index contributed by atoms with van der Waals surface area (Å²) in [6.07, 6.45) is 6.46. The molecule has 0 aromatic carbocycles. The number of hydrogen-bond donors (Lipinski definition) is 1. The molecule has 3 atom stereocenters. The van der Waals surface area contributed by atoms with Crippen molar-refractivity contribution in [1.29, 1.82) is 0 Å². The molecule has 2 N–H and O–H groups in total. The Balaban J connectivity index is 2.74. The maximum Gasteiger partial charge on any atom is 0.0615 e. The first-order valence-electron chi connectivity index (χ1n) is 7.88. The highest BCUT2D eigenvalue weighted by molar-refractivity contribution is 4.95. The fraction of sp³-hybridized carbons (Fsp3) is 1.00. The van der Waals surface area contributed by atoms with Crippen LogP contribution in [0.4, 0.5) is 0 Å². The molecule has 0 spiro atoms. The van der Waals surface area contributed by atoms with E-state index in [9.17, 15) is 0 Å². The van der Waals surface area contributed by atoms with Gasteiger partial charge in [-0.1, -0.05) is 26.7 Å². The van der Waals surface area contributed by atoms with Crippen molar-refractivity contribution < 1.29 is 4.74 Å². The van der Waals surface area contributed by atoms with Crippen molar-refractivity contribution in [3.05, 3.63) is 0 Å². The normalized spacial score (nSPS) is 30.6. The molecule has 1 fully saturated rings. The van der Waals surface area contributed by atoms with Crippen LogP contribution >= 0.6 is 0 Å². The Bertz CT molecular complexity index is 257. The minimum Gasteiger partial charge on any atom is -0.383 e. The van der Waals surface area contributed by atoms with E-state index in [1.54, 1.807) is 7.11 Å². The first kappa shape index (κ1) is 16.9. The minimum atomic E-state index is 0.182. The third kappa shape index (κ3) is 4.17. The first-order chi connectivity index (χ1) is 8.96. The molecule has 1 aliphatic rings. The van der Waals surface area contributed by atoms with Crippen LogP contribution in [0.15, 0.2) is 0 Å². The highest BCUT2D eigenvalue weighted by atomic mass is 16.5. The molecule has 3 heteroatoms. The van der Waals surface area contributed by atoms with Crippen molar-refractivity contribution in [3.8, 4) is 0 Å². The Morgan fingerprint density at radius 1 is 1.26 bits per heavy atom. The Morgan fingerprint density at radius 3 is 2.47 bits per heavy atom. The molecule has 1 rings (SSSR count). The lowest BCUT2D eigenvalue weighted by Crippen LogP contribution is -2.56. The average molecular weight is 270 g/mol. The van der Waals surface area contributed by atoms with E-state index in [-0.39, 0.29) is 5.54 Å². The van der Waals surface area contributed by atoms with E-state index in [0.29, 0.717) is 6.04 Å². The van der Waals surface area contributed by atoms with Gasteiger partial charge in [-0.2, -0.15) is 0 Å². The molecule has 0 bridgehead atoms. The number of nitrogens with zero attached hydrogens (tertiary/aromatic N) is 1. The summed E-state index contributed by atoms with van der Waals surface area (Å²) in [6.45, 7) is 8.51. The molecule has 1 saturated carbocycles. The van der Waals surface area contributed by atoms with E-state index in [1.165, 1.54) is 32.1 Å². The molecule has 0 aromatic heterocycles. The van der Waals surface area contributed by atoms with E-state index in [4.69, 9.17) is 10.5 Å². The third-order valence-electron chi connectivity index (χ3n) is 5.34. The summed E-state index contributed by atoms with van der Waals surface area (Å²) in [6, 6.07) is 0.434. The van der Waals surface area contributed by atoms with Crippen LogP contribution in [-0.4, -0.2) is 43.8 Å². The fourth-order valence-corrected chi connectivity index (χ4v) is 3.60. The Labute approximate surface area is 119 Å². The fourth-order valence-electron chi connectivity index (χ4n) is 3.60. The topological polar surface area (TPSA) is 38.5 Å². The van der Waals surface area contributed by atoms with Crippen LogP contribution in [-0.2, 0) is 4.74 Å². The molecular formula is C16H34N2O. The zero-order chi connectivity index (χ0) is 14.5. The number of ether oxygens (including phenoxy) is 1. The van der Waals surface area contributed by atoms with Gasteiger partial charge < -0.3 is 10.5 Å². The molecular weight excluding hydrogens is 236 g/mol. The number of rotatable bonds is 6. The molecule has 114 valence electrons. The van der Waals surface area contributed by atoms with Gasteiger partial charge in [-0.15, -0.1) is 0 Å². The molecule has 3 unspecified atom stereocenters. The number of methoxy groups -OCH3 is 1. The van der Waals surface area contributed by atoms with Crippen molar-refractivity contribution in [3.63, 3.8) is 0 Å². The van der Waals surface area contributed by atoms with Gasteiger partial charge in [0.25, 0.3) is 0 Å². The van der Waals surface area contributed by atoms with Crippen LogP contribution < -0.4 is 5.73 Å². The van der Waals surface area contributed by atoms with Crippen molar-refractivity contribution in [1.82, 2.24) is 4.90 Å². The SMILES string of the molecule is COCC(C)N(C)C1(CN)CCCC(C(C)C)CC1. The van der Waals surface area contributed by atoms with Crippen molar-refractivity contribution in [2.75, 3.05) is 27.3 Å². The van der Waals surface area contributed by atoms with E-state index < -0.39 is 0 Å². The summed E-state index contributed by atoms with van der Waals surface area (Å²) < 4.78 is 5.31. The van der Waals surface area contributed by atoms with Gasteiger partial charge in [0.1, 0.15) is 0 Å². The van der Waals surface area contributed by atoms with Gasteiger partial charge in [0.15, 0.2) is 0 Å². The van der Waals surface area contributed by atoms with E-state index >= 15 is 0 Å². The third-order valence-corrected chi connectivity index (χ3v) is 5.34. The van der Waals surface area contributed by atoms with Crippen molar-refractivity contribution in [2.24, 2.45) is 17.6 Å². The van der Waals surface area contributed by atoms with E-state index in [1.807, 2.05) is 0 Å². The summed E-state index contributed by atoms with van der Waals surface area (Å²) >= 11 is 0. The molecule has 0 aliphatic heterocycles. The summed E-state index contributed by atoms with van der Waals surface area (Å²) in [5, 5.41) is 0. The van der Waals surface area contributed by atoms with Gasteiger partial charge in [-0.3, -0.25) is 4.90 Å². The standard InChI is InChI=1S/C16H34N2O/c1-13(2)15-7-6-9-16(12-17,10-8-15)18(4)14(3)11-19-5/h13-15H,6-12,17H2,1-5H3. The first-order valence-corrected chi connectivity index (χ1v) is 7.88. The van der Waals surface area contributed by atoms with Crippen LogP contribution in [0.5, 0.6) is 0 Å². The molecule has 0 heterocycles. The number of likely N-dealkylation sites (N-methyl/N-ethyl adjacent to an activating group) is 1. The summed E-state index contributed by atoms with van der Waals surface area (Å²) in [5.74, 6) is 1.68. The van der Waals surface area contributed by atoms with E-state index in [2.05, 4.69) is 32.7 Å². The van der Waals surface area contributed by atoms with Crippen molar-refractivity contribution >= 4 is 0 Å². The quantitative estimate of drug-likeness (QED) is 0.754. The van der Waals surface area contributed by atoms with Crippen molar-refractivity contribution in [2.45, 2.75) is 64.5 Å². The van der Waals surface area contributed by atoms with Gasteiger partial charge >= 0.3 is 0 Å². The van der Waals surface area contributed by atoms with Crippen LogP contribution in [0.2, 0.25) is 0 Å². The Morgan fingerprint density at radius 2 is 1.95 bits per heavy atom. The van der Waals surface area contributed by atoms with Gasteiger partial charge in [0.05, 0.1) is 6.61 Å². The lowest BCUT2D eigenvalue weighted by atomic mass is 9.85. The predicted molar refractivity (Wildman–Crippen MR) is 82.3 cm³/mol. The Kier molecular flexibility index (Phi) is 6.78. The molecule has 3 nitrogen and oxygen atoms in total. The van der Waals surface area contributed by atoms with Gasteiger partial charge in [0, 0.05) is 25.2 Å². The highest BCUT2D eigenvalue weighted by Crippen LogP contribution is 2.37. The highest BCUT2D eigenvalue weighted by Gasteiger charge is 2.37. The average Bonchev–Trinajstić information content (AvgIpc) is 2.61. The zero-order valence-corrected chi connectivity index (χ0v) is 13.6. The molecule has 0 amide bonds. The smallest absolute Gasteiger partial charge is 0.0615 e. The minimum absolute atomic E-state index is 0.182. The molecule has 1 aliphatic carbocycles. The molecule has 0 aromatic rings. The maximum absolute atomic E-state index is 6.18. The molecule has 0 radical (unpaired) electrons. The second-order valence-corrected chi connectivity index (χ2v) is 6.78. The van der Waals surface area contributed by atoms with Crippen LogP contribution in [0.3, 0.4) is 0 Å². The monoisotopic (exact) mass is 270 g/mol. The number of hydrogen-bond acceptors (Lipinski definition) is 3. The van der Waals surface area contributed by atoms with Gasteiger partial charge in [-0.05, 0) is 45.1 Å². The van der Waals surface area contributed by atoms with Crippen LogP contribution in [0, 0.1) is 11.8 Å². The summed E-state index contributed by atoms with van der Waals surface area (Å²) in [4.78, 5) is 2.49. The maximum atomic E-state index is 6.18. The summed E-state index contributed by atoms with van der Waals surface area (Å²) in [5.41, 5.74) is 6.36. The lowest BCUT2D eigenvalue weighted by molar-refractivity contribution is 0.0278. The van der Waals surface area contributed by atoms with Gasteiger partial charge in [0.2, 0.25) is 0 Å². The van der Waals surface area contributed by atoms with Gasteiger partial charge in [-0.25, -0.2) is 0 Å². The van der Waals surface area contributed by atoms with E-state index in [0.717, 1.165) is 25.0 Å². The molecule has 0 saturated heterocycles. The summed E-state index contributed by atoms with van der Waals surface area (Å²) in [7, 11) is 4.01. The predicted octanol–water partition coefficient (Wildman–Crippen LogP) is 2.89. The second kappa shape index (κ2) is 7.61. The number of nitrogens with two attached hydrogens (primary N) is 1. The zero-order valence-electron chi connectivity index (χ0n) is 13.6. The van der Waals surface area contributed by atoms with Crippen LogP contribution in [0.25, 0.3) is 0 Å². The van der Waals surface area contributed by atoms with Crippen LogP contribution in [0.1, 0.15) is 52.9 Å². The lowest BCUT2D eigenvalue weighted by Gasteiger charge is -2.44. The second-order valence-electron chi connectivity index (χ2n) is 6.78.